The summed E-state index contributed by atoms with van der Waals surface area (Å²) in [6.45, 7) is 1.96. The Balaban J connectivity index is 0.000000281. The minimum atomic E-state index is 0.234. The Labute approximate surface area is 66.1 Å². The van der Waals surface area contributed by atoms with Crippen molar-refractivity contribution in [2.75, 3.05) is 0 Å². The molecule has 2 rings (SSSR count). The van der Waals surface area contributed by atoms with Crippen LogP contribution in [0.25, 0.3) is 10.8 Å². The van der Waals surface area contributed by atoms with Crippen LogP contribution in [-0.4, -0.2) is 0 Å². The van der Waals surface area contributed by atoms with Crippen molar-refractivity contribution in [3.63, 3.8) is 0 Å². The Hall–Kier alpha value is -1.01. The highest BCUT2D eigenvalue weighted by atomic mass is 31.0. The lowest BCUT2D eigenvalue weighted by Gasteiger charge is -1.80. The summed E-state index contributed by atoms with van der Waals surface area (Å²) in [7, 11) is 1.72. The summed E-state index contributed by atoms with van der Waals surface area (Å²) in [4.78, 5) is 10.8. The van der Waals surface area contributed by atoms with Gasteiger partial charge in [0.15, 0.2) is 5.43 Å². The number of rotatable bonds is 0. The first-order valence-electron chi connectivity index (χ1n) is 3.15. The lowest BCUT2D eigenvalue weighted by atomic mass is 10.2. The van der Waals surface area contributed by atoms with Crippen LogP contribution in [0.3, 0.4) is 0 Å². The predicted molar refractivity (Wildman–Crippen MR) is 46.3 cm³/mol. The molecular weight excluding hydrogens is 159 g/mol. The van der Waals surface area contributed by atoms with Crippen molar-refractivity contribution in [1.82, 2.24) is 0 Å². The number of fused-ring (bicyclic) bond motifs is 1. The third-order valence-electron chi connectivity index (χ3n) is 1.68. The molecule has 0 heterocycles. The molecule has 56 valence electrons. The fraction of sp³-hybridized carbons (Fsp3) is 0.125. The lowest BCUT2D eigenvalue weighted by Crippen LogP contribution is -1.69. The standard InChI is InChI=1S/C8H6O.HOP/c1-5-3-2-4-6-7(5)8(6)9;1-2/h2-4H,1H3;2H. The Kier molecular flexibility index (Phi) is 2.16. The van der Waals surface area contributed by atoms with Gasteiger partial charge in [-0.2, -0.15) is 0 Å². The molecule has 2 aromatic carbocycles. The second-order valence-electron chi connectivity index (χ2n) is 2.33. The molecule has 0 fully saturated rings. The average molecular weight is 166 g/mol. The molecule has 0 amide bonds. The smallest absolute Gasteiger partial charge is 0.194 e. The summed E-state index contributed by atoms with van der Waals surface area (Å²) < 4.78 is 8.06. The summed E-state index contributed by atoms with van der Waals surface area (Å²) in [6, 6.07) is 5.74. The van der Waals surface area contributed by atoms with Gasteiger partial charge < -0.3 is 0 Å². The molecule has 0 unspecified atom stereocenters. The van der Waals surface area contributed by atoms with Crippen molar-refractivity contribution in [3.8, 4) is 0 Å². The number of hydrogen-bond acceptors (Lipinski definition) is 2. The van der Waals surface area contributed by atoms with Crippen molar-refractivity contribution >= 4 is 19.9 Å². The molecule has 0 saturated heterocycles. The first-order valence-corrected chi connectivity index (χ1v) is 3.56. The monoisotopic (exact) mass is 166 g/mol. The van der Waals surface area contributed by atoms with E-state index in [0.717, 1.165) is 16.3 Å². The fourth-order valence-corrected chi connectivity index (χ4v) is 1.11. The Morgan fingerprint density at radius 2 is 1.91 bits per heavy atom. The molecule has 2 aromatic rings. The Morgan fingerprint density at radius 3 is 2.36 bits per heavy atom. The zero-order valence-corrected chi connectivity index (χ0v) is 7.05. The Morgan fingerprint density at radius 1 is 1.27 bits per heavy atom. The zero-order valence-electron chi connectivity index (χ0n) is 6.05. The molecule has 0 bridgehead atoms. The number of aryl methyl sites for hydroxylation is 1. The van der Waals surface area contributed by atoms with E-state index in [0.29, 0.717) is 0 Å². The van der Waals surface area contributed by atoms with Crippen molar-refractivity contribution < 1.29 is 4.57 Å². The van der Waals surface area contributed by atoms with Gasteiger partial charge in [-0.05, 0) is 12.5 Å². The third kappa shape index (κ3) is 1.22. The molecule has 0 aliphatic rings. The molecule has 0 saturated carbocycles. The maximum Gasteiger partial charge on any atom is 0.194 e. The van der Waals surface area contributed by atoms with E-state index in [9.17, 15) is 4.79 Å². The van der Waals surface area contributed by atoms with Gasteiger partial charge in [-0.15, -0.1) is 0 Å². The molecule has 0 atom stereocenters. The quantitative estimate of drug-likeness (QED) is 0.560. The van der Waals surface area contributed by atoms with Gasteiger partial charge in [0.05, 0.1) is 0 Å². The number of hydrogen-bond donors (Lipinski definition) is 0. The van der Waals surface area contributed by atoms with E-state index in [-0.39, 0.29) is 5.43 Å². The van der Waals surface area contributed by atoms with Crippen LogP contribution < -0.4 is 5.43 Å². The highest BCUT2D eigenvalue weighted by Gasteiger charge is 2.11. The molecule has 2 nitrogen and oxygen atoms in total. The average Bonchev–Trinajstić information content (AvgIpc) is 2.69. The first-order chi connectivity index (χ1) is 5.30. The molecule has 3 heteroatoms. The van der Waals surface area contributed by atoms with E-state index in [2.05, 4.69) is 0 Å². The topological polar surface area (TPSA) is 34.1 Å². The van der Waals surface area contributed by atoms with Crippen LogP contribution in [0.15, 0.2) is 23.0 Å². The predicted octanol–water partition coefficient (Wildman–Crippen LogP) is 1.86. The zero-order chi connectivity index (χ0) is 8.43. The molecule has 0 aliphatic heterocycles. The molecule has 0 aliphatic carbocycles. The summed E-state index contributed by atoms with van der Waals surface area (Å²) >= 11 is 0. The molecule has 0 spiro atoms. The minimum absolute atomic E-state index is 0.234. The van der Waals surface area contributed by atoms with E-state index < -0.39 is 0 Å². The summed E-state index contributed by atoms with van der Waals surface area (Å²) in [5.41, 5.74) is 1.34. The van der Waals surface area contributed by atoms with Gasteiger partial charge in [0, 0.05) is 10.8 Å². The van der Waals surface area contributed by atoms with Crippen molar-refractivity contribution in [2.45, 2.75) is 6.92 Å². The first kappa shape index (κ1) is 8.09. The lowest BCUT2D eigenvalue weighted by molar-refractivity contribution is 0.607. The molecule has 0 N–H and O–H groups in total. The van der Waals surface area contributed by atoms with Gasteiger partial charge in [-0.25, -0.2) is 0 Å². The van der Waals surface area contributed by atoms with Crippen LogP contribution >= 0.6 is 9.12 Å². The van der Waals surface area contributed by atoms with E-state index >= 15 is 0 Å². The van der Waals surface area contributed by atoms with Crippen molar-refractivity contribution in [2.24, 2.45) is 0 Å². The maximum atomic E-state index is 10.8. The van der Waals surface area contributed by atoms with Crippen LogP contribution in [0, 0.1) is 6.92 Å². The van der Waals surface area contributed by atoms with Gasteiger partial charge in [-0.3, -0.25) is 9.36 Å². The van der Waals surface area contributed by atoms with Crippen LogP contribution in [0.4, 0.5) is 0 Å². The second-order valence-corrected chi connectivity index (χ2v) is 2.33. The van der Waals surface area contributed by atoms with Crippen LogP contribution in [0.1, 0.15) is 5.56 Å². The van der Waals surface area contributed by atoms with Crippen molar-refractivity contribution in [3.05, 3.63) is 34.0 Å². The molecule has 11 heavy (non-hydrogen) atoms. The Bertz CT molecular complexity index is 385. The van der Waals surface area contributed by atoms with Crippen LogP contribution in [-0.2, 0) is 4.57 Å². The molecule has 0 radical (unpaired) electrons. The second kappa shape index (κ2) is 2.93. The summed E-state index contributed by atoms with van der Waals surface area (Å²) in [5.74, 6) is 0. The van der Waals surface area contributed by atoms with Gasteiger partial charge in [-0.1, -0.05) is 18.2 Å². The van der Waals surface area contributed by atoms with Gasteiger partial charge in [0.25, 0.3) is 0 Å². The van der Waals surface area contributed by atoms with Gasteiger partial charge in [0.1, 0.15) is 9.12 Å². The molecule has 0 aromatic heterocycles. The highest BCUT2D eigenvalue weighted by molar-refractivity contribution is 7.00. The van der Waals surface area contributed by atoms with Crippen LogP contribution in [0.5, 0.6) is 0 Å². The van der Waals surface area contributed by atoms with E-state index in [1.54, 1.807) is 9.12 Å². The SMILES string of the molecule is Cc1cccc2c(=O)c12.O=P. The fourth-order valence-electron chi connectivity index (χ4n) is 1.11. The number of benzene rings is 1. The van der Waals surface area contributed by atoms with Crippen LogP contribution in [0.2, 0.25) is 0 Å². The summed E-state index contributed by atoms with van der Waals surface area (Å²) in [5, 5.41) is 1.85. The van der Waals surface area contributed by atoms with Gasteiger partial charge >= 0.3 is 0 Å². The molecular formula is C8H7O2P. The van der Waals surface area contributed by atoms with E-state index in [1.807, 2.05) is 25.1 Å². The van der Waals surface area contributed by atoms with E-state index in [4.69, 9.17) is 4.57 Å². The third-order valence-corrected chi connectivity index (χ3v) is 1.68. The maximum absolute atomic E-state index is 10.8. The van der Waals surface area contributed by atoms with E-state index in [1.165, 1.54) is 0 Å². The van der Waals surface area contributed by atoms with Gasteiger partial charge in [0.2, 0.25) is 0 Å². The van der Waals surface area contributed by atoms with Crippen molar-refractivity contribution in [1.29, 1.82) is 0 Å². The highest BCUT2D eigenvalue weighted by Crippen LogP contribution is 2.17. The normalized spacial score (nSPS) is 9.55. The largest absolute Gasteiger partial charge is 0.289 e. The minimum Gasteiger partial charge on any atom is -0.289 e. The summed E-state index contributed by atoms with van der Waals surface area (Å²) in [6.07, 6.45) is 0.